The summed E-state index contributed by atoms with van der Waals surface area (Å²) in [6.07, 6.45) is 3.64. The lowest BCUT2D eigenvalue weighted by atomic mass is 10.1. The quantitative estimate of drug-likeness (QED) is 0.815. The van der Waals surface area contributed by atoms with Crippen LogP contribution in [0.1, 0.15) is 19.4 Å². The number of nitrogens with one attached hydrogen (secondary N) is 2. The zero-order valence-electron chi connectivity index (χ0n) is 12.5. The molecular weight excluding hydrogens is 264 g/mol. The first kappa shape index (κ1) is 15.3. The number of hydrogen-bond acceptors (Lipinski definition) is 3. The third-order valence-corrected chi connectivity index (χ3v) is 3.34. The molecule has 2 N–H and O–H groups in total. The molecule has 0 aliphatic heterocycles. The Balaban J connectivity index is 1.99. The van der Waals surface area contributed by atoms with Crippen LogP contribution in [0.5, 0.6) is 0 Å². The van der Waals surface area contributed by atoms with Crippen molar-refractivity contribution in [2.24, 2.45) is 5.92 Å². The highest BCUT2D eigenvalue weighted by Crippen LogP contribution is 2.13. The van der Waals surface area contributed by atoms with Crippen molar-refractivity contribution in [2.75, 3.05) is 13.1 Å². The lowest BCUT2D eigenvalue weighted by Gasteiger charge is -2.14. The number of rotatable bonds is 7. The molecular formula is C16H22N4O. The molecule has 1 amide bonds. The molecule has 1 heterocycles. The van der Waals surface area contributed by atoms with E-state index in [9.17, 15) is 4.79 Å². The molecule has 1 atom stereocenters. The smallest absolute Gasteiger partial charge is 0.224 e. The van der Waals surface area contributed by atoms with Gasteiger partial charge >= 0.3 is 0 Å². The predicted octanol–water partition coefficient (Wildman–Crippen LogP) is 1.73. The number of carbonyl (C=O) groups is 1. The van der Waals surface area contributed by atoms with E-state index in [1.54, 1.807) is 6.20 Å². The normalized spacial score (nSPS) is 12.1. The molecule has 0 aliphatic rings. The van der Waals surface area contributed by atoms with E-state index >= 15 is 0 Å². The number of amides is 1. The second-order valence-corrected chi connectivity index (χ2v) is 5.01. The van der Waals surface area contributed by atoms with Crippen molar-refractivity contribution in [3.63, 3.8) is 0 Å². The maximum absolute atomic E-state index is 12.0. The van der Waals surface area contributed by atoms with Gasteiger partial charge in [0.15, 0.2) is 0 Å². The first-order valence-corrected chi connectivity index (χ1v) is 7.28. The fourth-order valence-corrected chi connectivity index (χ4v) is 2.11. The van der Waals surface area contributed by atoms with E-state index in [1.807, 2.05) is 55.1 Å². The van der Waals surface area contributed by atoms with Gasteiger partial charge in [-0.3, -0.25) is 4.79 Å². The molecule has 5 heteroatoms. The SMILES string of the molecule is CCNCC(C)C(=O)NCc1ccccc1-n1cccn1. The van der Waals surface area contributed by atoms with Gasteiger partial charge in [0.25, 0.3) is 0 Å². The Bertz CT molecular complexity index is 565. The molecule has 0 radical (unpaired) electrons. The fourth-order valence-electron chi connectivity index (χ4n) is 2.11. The maximum atomic E-state index is 12.0. The fraction of sp³-hybridized carbons (Fsp3) is 0.375. The molecule has 1 aromatic carbocycles. The molecule has 2 rings (SSSR count). The molecule has 0 saturated carbocycles. The van der Waals surface area contributed by atoms with Crippen molar-refractivity contribution in [3.05, 3.63) is 48.3 Å². The average Bonchev–Trinajstić information content (AvgIpc) is 3.04. The van der Waals surface area contributed by atoms with Crippen molar-refractivity contribution in [3.8, 4) is 5.69 Å². The van der Waals surface area contributed by atoms with Gasteiger partial charge in [0.1, 0.15) is 0 Å². The third kappa shape index (κ3) is 4.16. The molecule has 21 heavy (non-hydrogen) atoms. The summed E-state index contributed by atoms with van der Waals surface area (Å²) in [5.41, 5.74) is 2.03. The van der Waals surface area contributed by atoms with Crippen LogP contribution >= 0.6 is 0 Å². The Morgan fingerprint density at radius 2 is 2.14 bits per heavy atom. The minimum absolute atomic E-state index is 0.0400. The summed E-state index contributed by atoms with van der Waals surface area (Å²) < 4.78 is 1.81. The second-order valence-electron chi connectivity index (χ2n) is 5.01. The van der Waals surface area contributed by atoms with Crippen LogP contribution in [0.15, 0.2) is 42.7 Å². The van der Waals surface area contributed by atoms with Crippen LogP contribution in [-0.2, 0) is 11.3 Å². The summed E-state index contributed by atoms with van der Waals surface area (Å²) in [6.45, 7) is 6.04. The lowest BCUT2D eigenvalue weighted by molar-refractivity contribution is -0.124. The van der Waals surface area contributed by atoms with E-state index in [2.05, 4.69) is 15.7 Å². The summed E-state index contributed by atoms with van der Waals surface area (Å²) >= 11 is 0. The van der Waals surface area contributed by atoms with Crippen LogP contribution in [0.25, 0.3) is 5.69 Å². The van der Waals surface area contributed by atoms with Crippen LogP contribution in [0.2, 0.25) is 0 Å². The number of para-hydroxylation sites is 1. The number of nitrogens with zero attached hydrogens (tertiary/aromatic N) is 2. The minimum Gasteiger partial charge on any atom is -0.352 e. The zero-order valence-corrected chi connectivity index (χ0v) is 12.5. The van der Waals surface area contributed by atoms with E-state index in [-0.39, 0.29) is 11.8 Å². The second kappa shape index (κ2) is 7.59. The van der Waals surface area contributed by atoms with Crippen molar-refractivity contribution in [1.29, 1.82) is 0 Å². The van der Waals surface area contributed by atoms with Crippen LogP contribution in [0.3, 0.4) is 0 Å². The van der Waals surface area contributed by atoms with Crippen LogP contribution in [0, 0.1) is 5.92 Å². The summed E-state index contributed by atoms with van der Waals surface area (Å²) in [5, 5.41) is 10.4. The standard InChI is InChI=1S/C16H22N4O/c1-3-17-11-13(2)16(21)18-12-14-7-4-5-8-15(14)20-10-6-9-19-20/h4-10,13,17H,3,11-12H2,1-2H3,(H,18,21). The Kier molecular flexibility index (Phi) is 5.51. The van der Waals surface area contributed by atoms with E-state index in [0.29, 0.717) is 13.1 Å². The molecule has 0 saturated heterocycles. The van der Waals surface area contributed by atoms with Crippen LogP contribution < -0.4 is 10.6 Å². The van der Waals surface area contributed by atoms with Gasteiger partial charge in [0, 0.05) is 31.4 Å². The topological polar surface area (TPSA) is 59.0 Å². The van der Waals surface area contributed by atoms with Crippen molar-refractivity contribution >= 4 is 5.91 Å². The average molecular weight is 286 g/mol. The molecule has 0 fully saturated rings. The first-order valence-electron chi connectivity index (χ1n) is 7.28. The molecule has 0 aliphatic carbocycles. The third-order valence-electron chi connectivity index (χ3n) is 3.34. The van der Waals surface area contributed by atoms with E-state index < -0.39 is 0 Å². The Morgan fingerprint density at radius 1 is 1.33 bits per heavy atom. The Morgan fingerprint density at radius 3 is 2.86 bits per heavy atom. The lowest BCUT2D eigenvalue weighted by Crippen LogP contribution is -2.35. The molecule has 112 valence electrons. The van der Waals surface area contributed by atoms with Gasteiger partial charge in [-0.15, -0.1) is 0 Å². The number of hydrogen-bond donors (Lipinski definition) is 2. The van der Waals surface area contributed by atoms with E-state index in [1.165, 1.54) is 0 Å². The highest BCUT2D eigenvalue weighted by molar-refractivity contribution is 5.78. The predicted molar refractivity (Wildman–Crippen MR) is 83.1 cm³/mol. The van der Waals surface area contributed by atoms with Gasteiger partial charge in [-0.2, -0.15) is 5.10 Å². The van der Waals surface area contributed by atoms with Gasteiger partial charge in [0.05, 0.1) is 5.69 Å². The van der Waals surface area contributed by atoms with Gasteiger partial charge in [-0.05, 0) is 24.2 Å². The number of benzene rings is 1. The molecule has 0 bridgehead atoms. The van der Waals surface area contributed by atoms with Gasteiger partial charge in [0.2, 0.25) is 5.91 Å². The van der Waals surface area contributed by atoms with E-state index in [0.717, 1.165) is 17.8 Å². The summed E-state index contributed by atoms with van der Waals surface area (Å²) in [5.74, 6) is 0.0213. The minimum atomic E-state index is -0.0400. The monoisotopic (exact) mass is 286 g/mol. The summed E-state index contributed by atoms with van der Waals surface area (Å²) in [6, 6.07) is 9.82. The summed E-state index contributed by atoms with van der Waals surface area (Å²) in [4.78, 5) is 12.0. The van der Waals surface area contributed by atoms with Gasteiger partial charge < -0.3 is 10.6 Å². The highest BCUT2D eigenvalue weighted by atomic mass is 16.1. The first-order chi connectivity index (χ1) is 10.2. The Labute approximate surface area is 125 Å². The number of carbonyl (C=O) groups excluding carboxylic acids is 1. The maximum Gasteiger partial charge on any atom is 0.224 e. The highest BCUT2D eigenvalue weighted by Gasteiger charge is 2.12. The summed E-state index contributed by atoms with van der Waals surface area (Å²) in [7, 11) is 0. The molecule has 2 aromatic rings. The molecule has 5 nitrogen and oxygen atoms in total. The molecule has 1 unspecified atom stereocenters. The van der Waals surface area contributed by atoms with Crippen molar-refractivity contribution in [1.82, 2.24) is 20.4 Å². The molecule has 0 spiro atoms. The largest absolute Gasteiger partial charge is 0.352 e. The van der Waals surface area contributed by atoms with Gasteiger partial charge in [-0.25, -0.2) is 4.68 Å². The zero-order chi connectivity index (χ0) is 15.1. The van der Waals surface area contributed by atoms with E-state index in [4.69, 9.17) is 0 Å². The van der Waals surface area contributed by atoms with Crippen LogP contribution in [-0.4, -0.2) is 28.8 Å². The number of aromatic nitrogens is 2. The Hall–Kier alpha value is -2.14. The molecule has 1 aromatic heterocycles. The van der Waals surface area contributed by atoms with Crippen molar-refractivity contribution in [2.45, 2.75) is 20.4 Å². The van der Waals surface area contributed by atoms with Crippen molar-refractivity contribution < 1.29 is 4.79 Å². The van der Waals surface area contributed by atoms with Gasteiger partial charge in [-0.1, -0.05) is 32.0 Å². The van der Waals surface area contributed by atoms with Crippen LogP contribution in [0.4, 0.5) is 0 Å².